The van der Waals surface area contributed by atoms with E-state index in [-0.39, 0.29) is 0 Å². The summed E-state index contributed by atoms with van der Waals surface area (Å²) < 4.78 is 0. The maximum absolute atomic E-state index is 6.18. The standard InChI is InChI=1S/C19H19Cl2N5/c20-16-7-6-15(17(21)12-16)9-11-23-19-25-18(13-24-26-19)22-10-8-14-4-2-1-3-5-14/h1-7,12-13H,8-11H2,(H2,22,23,25,26). The molecule has 2 aromatic carbocycles. The summed E-state index contributed by atoms with van der Waals surface area (Å²) in [6, 6.07) is 15.8. The summed E-state index contributed by atoms with van der Waals surface area (Å²) in [6.45, 7) is 1.43. The molecule has 3 aromatic rings. The Kier molecular flexibility index (Phi) is 6.63. The molecule has 0 unspecified atom stereocenters. The average molecular weight is 388 g/mol. The van der Waals surface area contributed by atoms with E-state index < -0.39 is 0 Å². The number of rotatable bonds is 8. The first-order valence-electron chi connectivity index (χ1n) is 8.36. The average Bonchev–Trinajstić information content (AvgIpc) is 2.65. The van der Waals surface area contributed by atoms with Crippen molar-refractivity contribution in [3.63, 3.8) is 0 Å². The first-order chi connectivity index (χ1) is 12.7. The summed E-state index contributed by atoms with van der Waals surface area (Å²) in [4.78, 5) is 4.42. The van der Waals surface area contributed by atoms with Gasteiger partial charge in [-0.15, -0.1) is 5.10 Å². The third-order valence-electron chi connectivity index (χ3n) is 3.81. The van der Waals surface area contributed by atoms with Gasteiger partial charge in [-0.25, -0.2) is 0 Å². The van der Waals surface area contributed by atoms with E-state index in [2.05, 4.69) is 37.9 Å². The highest BCUT2D eigenvalue weighted by atomic mass is 35.5. The van der Waals surface area contributed by atoms with E-state index in [4.69, 9.17) is 23.2 Å². The molecule has 0 aliphatic heterocycles. The Balaban J connectivity index is 1.47. The van der Waals surface area contributed by atoms with E-state index in [1.54, 1.807) is 12.3 Å². The molecule has 0 radical (unpaired) electrons. The Labute approximate surface area is 162 Å². The van der Waals surface area contributed by atoms with Gasteiger partial charge in [0, 0.05) is 23.1 Å². The van der Waals surface area contributed by atoms with Gasteiger partial charge in [-0.1, -0.05) is 59.6 Å². The zero-order chi connectivity index (χ0) is 18.2. The first-order valence-corrected chi connectivity index (χ1v) is 9.11. The lowest BCUT2D eigenvalue weighted by Crippen LogP contribution is -2.12. The van der Waals surface area contributed by atoms with Crippen LogP contribution in [-0.2, 0) is 12.8 Å². The molecule has 26 heavy (non-hydrogen) atoms. The zero-order valence-electron chi connectivity index (χ0n) is 14.1. The molecule has 0 saturated carbocycles. The van der Waals surface area contributed by atoms with E-state index in [1.807, 2.05) is 30.3 Å². The molecule has 0 saturated heterocycles. The van der Waals surface area contributed by atoms with Crippen molar-refractivity contribution >= 4 is 35.0 Å². The minimum Gasteiger partial charge on any atom is -0.368 e. The van der Waals surface area contributed by atoms with Crippen LogP contribution in [0.3, 0.4) is 0 Å². The second-order valence-corrected chi connectivity index (χ2v) is 6.58. The van der Waals surface area contributed by atoms with E-state index >= 15 is 0 Å². The molecule has 7 heteroatoms. The van der Waals surface area contributed by atoms with E-state index in [9.17, 15) is 0 Å². The molecule has 0 amide bonds. The van der Waals surface area contributed by atoms with Gasteiger partial charge in [0.1, 0.15) is 0 Å². The lowest BCUT2D eigenvalue weighted by atomic mass is 10.1. The Morgan fingerprint density at radius 2 is 1.69 bits per heavy atom. The molecule has 0 aliphatic rings. The number of benzene rings is 2. The van der Waals surface area contributed by atoms with Crippen LogP contribution in [-0.4, -0.2) is 28.3 Å². The van der Waals surface area contributed by atoms with Gasteiger partial charge < -0.3 is 10.6 Å². The summed E-state index contributed by atoms with van der Waals surface area (Å²) in [5, 5.41) is 15.7. The normalized spacial score (nSPS) is 10.5. The van der Waals surface area contributed by atoms with Gasteiger partial charge in [0.2, 0.25) is 5.95 Å². The SMILES string of the molecule is Clc1ccc(CCNc2nncc(NCCc3ccccc3)n2)c(Cl)c1. The molecule has 0 atom stereocenters. The number of nitrogens with one attached hydrogen (secondary N) is 2. The van der Waals surface area contributed by atoms with Crippen molar-refractivity contribution in [3.8, 4) is 0 Å². The fourth-order valence-corrected chi connectivity index (χ4v) is 2.98. The van der Waals surface area contributed by atoms with Crippen LogP contribution >= 0.6 is 23.2 Å². The van der Waals surface area contributed by atoms with Gasteiger partial charge in [0.25, 0.3) is 0 Å². The fraction of sp³-hybridized carbons (Fsp3) is 0.211. The summed E-state index contributed by atoms with van der Waals surface area (Å²) in [6.07, 6.45) is 3.28. The predicted octanol–water partition coefficient (Wildman–Crippen LogP) is 4.49. The maximum atomic E-state index is 6.18. The van der Waals surface area contributed by atoms with Crippen LogP contribution in [0.4, 0.5) is 11.8 Å². The summed E-state index contributed by atoms with van der Waals surface area (Å²) >= 11 is 12.1. The van der Waals surface area contributed by atoms with Crippen LogP contribution in [0.1, 0.15) is 11.1 Å². The van der Waals surface area contributed by atoms with Crippen molar-refractivity contribution in [2.45, 2.75) is 12.8 Å². The van der Waals surface area contributed by atoms with E-state index in [0.29, 0.717) is 28.4 Å². The van der Waals surface area contributed by atoms with Gasteiger partial charge in [-0.05, 0) is 36.1 Å². The Hall–Kier alpha value is -2.37. The summed E-state index contributed by atoms with van der Waals surface area (Å²) in [5.41, 5.74) is 2.30. The molecular formula is C19H19Cl2N5. The van der Waals surface area contributed by atoms with Crippen LogP contribution in [0.5, 0.6) is 0 Å². The highest BCUT2D eigenvalue weighted by Crippen LogP contribution is 2.21. The van der Waals surface area contributed by atoms with Gasteiger partial charge >= 0.3 is 0 Å². The quantitative estimate of drug-likeness (QED) is 0.596. The van der Waals surface area contributed by atoms with Gasteiger partial charge in [-0.3, -0.25) is 0 Å². The van der Waals surface area contributed by atoms with Crippen molar-refractivity contribution in [1.82, 2.24) is 15.2 Å². The zero-order valence-corrected chi connectivity index (χ0v) is 15.6. The highest BCUT2D eigenvalue weighted by molar-refractivity contribution is 6.35. The van der Waals surface area contributed by atoms with Crippen LogP contribution in [0.25, 0.3) is 0 Å². The van der Waals surface area contributed by atoms with Crippen molar-refractivity contribution < 1.29 is 0 Å². The lowest BCUT2D eigenvalue weighted by Gasteiger charge is -2.08. The molecule has 2 N–H and O–H groups in total. The Morgan fingerprint density at radius 1 is 0.885 bits per heavy atom. The lowest BCUT2D eigenvalue weighted by molar-refractivity contribution is 0.916. The molecule has 134 valence electrons. The van der Waals surface area contributed by atoms with Crippen molar-refractivity contribution in [2.75, 3.05) is 23.7 Å². The minimum absolute atomic E-state index is 0.486. The molecule has 1 aromatic heterocycles. The maximum Gasteiger partial charge on any atom is 0.244 e. The largest absolute Gasteiger partial charge is 0.368 e. The monoisotopic (exact) mass is 387 g/mol. The molecule has 1 heterocycles. The Morgan fingerprint density at radius 3 is 2.50 bits per heavy atom. The second-order valence-electron chi connectivity index (χ2n) is 5.74. The number of aromatic nitrogens is 3. The van der Waals surface area contributed by atoms with Crippen LogP contribution in [0.2, 0.25) is 10.0 Å². The third-order valence-corrected chi connectivity index (χ3v) is 4.40. The summed E-state index contributed by atoms with van der Waals surface area (Å²) in [7, 11) is 0. The fourth-order valence-electron chi connectivity index (χ4n) is 2.48. The highest BCUT2D eigenvalue weighted by Gasteiger charge is 2.03. The molecule has 5 nitrogen and oxygen atoms in total. The van der Waals surface area contributed by atoms with Crippen molar-refractivity contribution in [1.29, 1.82) is 0 Å². The minimum atomic E-state index is 0.486. The van der Waals surface area contributed by atoms with Crippen molar-refractivity contribution in [2.24, 2.45) is 0 Å². The smallest absolute Gasteiger partial charge is 0.244 e. The molecular weight excluding hydrogens is 369 g/mol. The third kappa shape index (κ3) is 5.58. The van der Waals surface area contributed by atoms with Gasteiger partial charge in [0.15, 0.2) is 5.82 Å². The van der Waals surface area contributed by atoms with E-state index in [1.165, 1.54) is 5.56 Å². The number of nitrogens with zero attached hydrogens (tertiary/aromatic N) is 3. The molecule has 0 bridgehead atoms. The Bertz CT molecular complexity index is 842. The number of hydrogen-bond donors (Lipinski definition) is 2. The molecule has 0 fully saturated rings. The van der Waals surface area contributed by atoms with Crippen LogP contribution < -0.4 is 10.6 Å². The number of anilines is 2. The first kappa shape index (κ1) is 18.4. The molecule has 0 aliphatic carbocycles. The van der Waals surface area contributed by atoms with Crippen molar-refractivity contribution in [3.05, 3.63) is 75.9 Å². The van der Waals surface area contributed by atoms with Crippen LogP contribution in [0, 0.1) is 0 Å². The van der Waals surface area contributed by atoms with Gasteiger partial charge in [0.05, 0.1) is 6.20 Å². The summed E-state index contributed by atoms with van der Waals surface area (Å²) in [5.74, 6) is 1.18. The number of halogens is 2. The van der Waals surface area contributed by atoms with Gasteiger partial charge in [-0.2, -0.15) is 10.1 Å². The molecule has 0 spiro atoms. The van der Waals surface area contributed by atoms with E-state index in [0.717, 1.165) is 24.9 Å². The predicted molar refractivity (Wildman–Crippen MR) is 107 cm³/mol. The second kappa shape index (κ2) is 9.36. The number of hydrogen-bond acceptors (Lipinski definition) is 5. The van der Waals surface area contributed by atoms with Crippen LogP contribution in [0.15, 0.2) is 54.7 Å². The molecule has 3 rings (SSSR count). The topological polar surface area (TPSA) is 62.7 Å².